The van der Waals surface area contributed by atoms with Crippen molar-refractivity contribution in [2.24, 2.45) is 0 Å². The summed E-state index contributed by atoms with van der Waals surface area (Å²) in [4.78, 5) is 38.1. The van der Waals surface area contributed by atoms with Crippen LogP contribution in [0.5, 0.6) is 0 Å². The van der Waals surface area contributed by atoms with Crippen molar-refractivity contribution in [3.63, 3.8) is 0 Å². The summed E-state index contributed by atoms with van der Waals surface area (Å²) in [5, 5.41) is 0. The molecule has 0 aliphatic heterocycles. The number of unbranched alkanes of at least 4 members (excludes halogenated alkanes) is 57. The monoisotopic (exact) mass is 1100 g/mol. The molecular weight excluding hydrogens is 961 g/mol. The Morgan fingerprint density at radius 1 is 0.205 bits per heavy atom. The van der Waals surface area contributed by atoms with Crippen LogP contribution in [0.2, 0.25) is 0 Å². The second-order valence-electron chi connectivity index (χ2n) is 24.9. The van der Waals surface area contributed by atoms with Gasteiger partial charge in [-0.25, -0.2) is 0 Å². The zero-order valence-electron chi connectivity index (χ0n) is 53.5. The summed E-state index contributed by atoms with van der Waals surface area (Å²) >= 11 is 0. The molecule has 0 radical (unpaired) electrons. The van der Waals surface area contributed by atoms with Gasteiger partial charge in [0.05, 0.1) is 0 Å². The largest absolute Gasteiger partial charge is 0.462 e. The molecule has 464 valence electrons. The van der Waals surface area contributed by atoms with Crippen molar-refractivity contribution < 1.29 is 28.6 Å². The number of carbonyl (C=O) groups is 3. The topological polar surface area (TPSA) is 78.9 Å². The molecule has 0 aromatic rings. The van der Waals surface area contributed by atoms with E-state index in [-0.39, 0.29) is 31.1 Å². The van der Waals surface area contributed by atoms with Crippen molar-refractivity contribution in [3.8, 4) is 0 Å². The zero-order valence-corrected chi connectivity index (χ0v) is 53.5. The number of ether oxygens (including phenoxy) is 3. The van der Waals surface area contributed by atoms with Gasteiger partial charge in [-0.2, -0.15) is 0 Å². The Morgan fingerprint density at radius 2 is 0.346 bits per heavy atom. The predicted molar refractivity (Wildman–Crippen MR) is 340 cm³/mol. The van der Waals surface area contributed by atoms with Gasteiger partial charge in [-0.05, 0) is 19.3 Å². The van der Waals surface area contributed by atoms with Gasteiger partial charge in [-0.3, -0.25) is 14.4 Å². The first-order valence-electron chi connectivity index (χ1n) is 36.0. The molecule has 0 saturated carbocycles. The molecule has 0 heterocycles. The number of hydrogen-bond donors (Lipinski definition) is 0. The smallest absolute Gasteiger partial charge is 0.306 e. The first-order valence-corrected chi connectivity index (χ1v) is 36.0. The van der Waals surface area contributed by atoms with Crippen LogP contribution in [-0.4, -0.2) is 37.2 Å². The minimum absolute atomic E-state index is 0.0614. The fourth-order valence-corrected chi connectivity index (χ4v) is 11.5. The molecule has 0 bridgehead atoms. The Hall–Kier alpha value is -1.59. The highest BCUT2D eigenvalue weighted by Crippen LogP contribution is 2.20. The first kappa shape index (κ1) is 76.4. The van der Waals surface area contributed by atoms with Crippen molar-refractivity contribution in [2.45, 2.75) is 431 Å². The molecule has 6 nitrogen and oxygen atoms in total. The van der Waals surface area contributed by atoms with Gasteiger partial charge in [0.1, 0.15) is 13.2 Å². The lowest BCUT2D eigenvalue weighted by atomic mass is 10.0. The molecule has 0 amide bonds. The first-order chi connectivity index (χ1) is 38.5. The molecule has 1 unspecified atom stereocenters. The average molecular weight is 1100 g/mol. The third-order valence-electron chi connectivity index (χ3n) is 16.9. The summed E-state index contributed by atoms with van der Waals surface area (Å²) in [6.07, 6.45) is 80.5. The SMILES string of the molecule is CCCCCCCCCCCCCCCCCCCCCCCCCCCCCCCCCCCCC(=O)OCC(COC(=O)CCCCCCCCC)OC(=O)CCCCCCCCCCCCCCCCCCCCC. The van der Waals surface area contributed by atoms with E-state index in [4.69, 9.17) is 14.2 Å². The van der Waals surface area contributed by atoms with Crippen LogP contribution >= 0.6 is 0 Å². The van der Waals surface area contributed by atoms with E-state index < -0.39 is 6.10 Å². The van der Waals surface area contributed by atoms with E-state index in [1.807, 2.05) is 0 Å². The highest BCUT2D eigenvalue weighted by Gasteiger charge is 2.20. The van der Waals surface area contributed by atoms with Gasteiger partial charge < -0.3 is 14.2 Å². The number of hydrogen-bond acceptors (Lipinski definition) is 6. The minimum atomic E-state index is -0.761. The van der Waals surface area contributed by atoms with E-state index >= 15 is 0 Å². The van der Waals surface area contributed by atoms with Gasteiger partial charge in [-0.1, -0.05) is 387 Å². The Bertz CT molecular complexity index is 1170. The second kappa shape index (κ2) is 67.9. The predicted octanol–water partition coefficient (Wildman–Crippen LogP) is 24.6. The van der Waals surface area contributed by atoms with Gasteiger partial charge in [0.2, 0.25) is 0 Å². The average Bonchev–Trinajstić information content (AvgIpc) is 3.44. The summed E-state index contributed by atoms with van der Waals surface area (Å²) in [5.41, 5.74) is 0. The van der Waals surface area contributed by atoms with Gasteiger partial charge in [0.15, 0.2) is 6.10 Å². The highest BCUT2D eigenvalue weighted by molar-refractivity contribution is 5.71. The quantitative estimate of drug-likeness (QED) is 0.0343. The summed E-state index contributed by atoms with van der Waals surface area (Å²) in [5.74, 6) is -0.834. The van der Waals surface area contributed by atoms with Gasteiger partial charge in [-0.15, -0.1) is 0 Å². The zero-order chi connectivity index (χ0) is 56.4. The van der Waals surface area contributed by atoms with Crippen LogP contribution in [0.1, 0.15) is 425 Å². The third kappa shape index (κ3) is 65.2. The van der Waals surface area contributed by atoms with E-state index in [9.17, 15) is 14.4 Å². The Balaban J connectivity index is 3.90. The van der Waals surface area contributed by atoms with E-state index in [1.54, 1.807) is 0 Å². The van der Waals surface area contributed by atoms with Crippen molar-refractivity contribution in [1.82, 2.24) is 0 Å². The molecule has 0 N–H and O–H groups in total. The lowest BCUT2D eigenvalue weighted by Gasteiger charge is -2.18. The molecule has 1 atom stereocenters. The third-order valence-corrected chi connectivity index (χ3v) is 16.9. The number of rotatable bonds is 68. The van der Waals surface area contributed by atoms with Gasteiger partial charge in [0, 0.05) is 19.3 Å². The van der Waals surface area contributed by atoms with Gasteiger partial charge >= 0.3 is 17.9 Å². The van der Waals surface area contributed by atoms with Crippen LogP contribution in [0.25, 0.3) is 0 Å². The molecular formula is C72H140O6. The molecule has 0 fully saturated rings. The molecule has 6 heteroatoms. The summed E-state index contributed by atoms with van der Waals surface area (Å²) in [6.45, 7) is 6.69. The van der Waals surface area contributed by atoms with Crippen LogP contribution < -0.4 is 0 Å². The van der Waals surface area contributed by atoms with Crippen LogP contribution in [0, 0.1) is 0 Å². The molecule has 0 aromatic heterocycles. The standard InChI is InChI=1S/C72H140O6/c1-4-7-10-13-16-18-20-22-24-26-28-29-30-31-32-33-34-35-36-37-38-39-40-41-42-44-45-47-49-51-53-56-59-62-65-71(74)77-68-69(67-76-70(73)64-61-58-55-15-12-9-6-3)78-72(75)66-63-60-57-54-52-50-48-46-43-27-25-23-21-19-17-14-11-8-5-2/h69H,4-68H2,1-3H3. The Kier molecular flexibility index (Phi) is 66.5. The maximum absolute atomic E-state index is 12.9. The summed E-state index contributed by atoms with van der Waals surface area (Å²) in [6, 6.07) is 0. The van der Waals surface area contributed by atoms with E-state index in [0.29, 0.717) is 19.3 Å². The van der Waals surface area contributed by atoms with Crippen LogP contribution in [0.3, 0.4) is 0 Å². The van der Waals surface area contributed by atoms with Crippen molar-refractivity contribution in [3.05, 3.63) is 0 Å². The molecule has 0 spiro atoms. The Morgan fingerprint density at radius 3 is 0.513 bits per heavy atom. The molecule has 0 aromatic carbocycles. The van der Waals surface area contributed by atoms with Crippen LogP contribution in [-0.2, 0) is 28.6 Å². The van der Waals surface area contributed by atoms with Crippen molar-refractivity contribution in [2.75, 3.05) is 13.2 Å². The van der Waals surface area contributed by atoms with Crippen molar-refractivity contribution >= 4 is 17.9 Å². The molecule has 0 aliphatic carbocycles. The van der Waals surface area contributed by atoms with E-state index in [0.717, 1.165) is 57.8 Å². The summed E-state index contributed by atoms with van der Waals surface area (Å²) in [7, 11) is 0. The lowest BCUT2D eigenvalue weighted by Crippen LogP contribution is -2.30. The minimum Gasteiger partial charge on any atom is -0.462 e. The number of esters is 3. The fraction of sp³-hybridized carbons (Fsp3) is 0.958. The summed E-state index contributed by atoms with van der Waals surface area (Å²) < 4.78 is 16.9. The van der Waals surface area contributed by atoms with Gasteiger partial charge in [0.25, 0.3) is 0 Å². The molecule has 0 aliphatic rings. The highest BCUT2D eigenvalue weighted by atomic mass is 16.6. The second-order valence-corrected chi connectivity index (χ2v) is 24.9. The maximum atomic E-state index is 12.9. The lowest BCUT2D eigenvalue weighted by molar-refractivity contribution is -0.167. The maximum Gasteiger partial charge on any atom is 0.306 e. The van der Waals surface area contributed by atoms with E-state index in [1.165, 1.54) is 327 Å². The molecule has 0 rings (SSSR count). The molecule has 78 heavy (non-hydrogen) atoms. The number of carbonyl (C=O) groups excluding carboxylic acids is 3. The van der Waals surface area contributed by atoms with Crippen LogP contribution in [0.15, 0.2) is 0 Å². The van der Waals surface area contributed by atoms with Crippen molar-refractivity contribution in [1.29, 1.82) is 0 Å². The fourth-order valence-electron chi connectivity index (χ4n) is 11.5. The van der Waals surface area contributed by atoms with Crippen LogP contribution in [0.4, 0.5) is 0 Å². The molecule has 0 saturated heterocycles. The Labute approximate surface area is 488 Å². The normalized spacial score (nSPS) is 11.9. The van der Waals surface area contributed by atoms with E-state index in [2.05, 4.69) is 20.8 Å².